The van der Waals surface area contributed by atoms with Crippen LogP contribution in [-0.2, 0) is 4.79 Å². The molecule has 0 bridgehead atoms. The van der Waals surface area contributed by atoms with Gasteiger partial charge in [0.25, 0.3) is 5.91 Å². The Morgan fingerprint density at radius 3 is 2.56 bits per heavy atom. The monoisotopic (exact) mass is 339 g/mol. The molecule has 1 aliphatic heterocycles. The Labute approximate surface area is 146 Å². The maximum absolute atomic E-state index is 12.5. The molecule has 25 heavy (non-hydrogen) atoms. The predicted molar refractivity (Wildman–Crippen MR) is 95.8 cm³/mol. The Morgan fingerprint density at radius 1 is 1.12 bits per heavy atom. The molecule has 0 saturated carbocycles. The number of aromatic nitrogens is 2. The van der Waals surface area contributed by atoms with Gasteiger partial charge in [-0.3, -0.25) is 9.59 Å². The Bertz CT molecular complexity index is 785. The molecule has 2 amide bonds. The lowest BCUT2D eigenvalue weighted by Gasteiger charge is -2.33. The molecule has 7 heteroatoms. The van der Waals surface area contributed by atoms with E-state index in [9.17, 15) is 9.59 Å². The fraction of sp³-hybridized carbons (Fsp3) is 0.333. The van der Waals surface area contributed by atoms with Crippen LogP contribution in [0.4, 0.5) is 11.5 Å². The van der Waals surface area contributed by atoms with Crippen molar-refractivity contribution in [3.8, 4) is 0 Å². The normalized spacial score (nSPS) is 14.3. The molecular weight excluding hydrogens is 318 g/mol. The van der Waals surface area contributed by atoms with Crippen molar-refractivity contribution in [2.75, 3.05) is 36.4 Å². The number of piperazine rings is 1. The van der Waals surface area contributed by atoms with E-state index in [1.807, 2.05) is 31.2 Å². The van der Waals surface area contributed by atoms with Crippen LogP contribution in [0.25, 0.3) is 0 Å². The molecule has 0 radical (unpaired) electrons. The van der Waals surface area contributed by atoms with Crippen LogP contribution >= 0.6 is 0 Å². The summed E-state index contributed by atoms with van der Waals surface area (Å²) >= 11 is 0. The average molecular weight is 339 g/mol. The number of hydrogen-bond donors (Lipinski definition) is 1. The number of anilines is 2. The van der Waals surface area contributed by atoms with E-state index >= 15 is 0 Å². The SMILES string of the molecule is Cc1cccc(NC(=O)c2cc(N3CCN(C=O)CC3)nc(C)n2)c1. The molecule has 2 heterocycles. The van der Waals surface area contributed by atoms with Gasteiger partial charge in [0.05, 0.1) is 0 Å². The zero-order chi connectivity index (χ0) is 17.8. The summed E-state index contributed by atoms with van der Waals surface area (Å²) in [7, 11) is 0. The molecule has 1 aromatic heterocycles. The molecular formula is C18H21N5O2. The highest BCUT2D eigenvalue weighted by Gasteiger charge is 2.19. The van der Waals surface area contributed by atoms with Gasteiger partial charge in [0.2, 0.25) is 6.41 Å². The van der Waals surface area contributed by atoms with Gasteiger partial charge in [-0.2, -0.15) is 0 Å². The second-order valence-corrected chi connectivity index (χ2v) is 6.11. The second kappa shape index (κ2) is 7.29. The first-order chi connectivity index (χ1) is 12.0. The van der Waals surface area contributed by atoms with Crippen LogP contribution in [-0.4, -0.2) is 53.4 Å². The van der Waals surface area contributed by atoms with Crippen LogP contribution in [0, 0.1) is 13.8 Å². The largest absolute Gasteiger partial charge is 0.353 e. The number of rotatable bonds is 4. The Morgan fingerprint density at radius 2 is 1.88 bits per heavy atom. The van der Waals surface area contributed by atoms with Gasteiger partial charge in [0, 0.05) is 37.9 Å². The zero-order valence-electron chi connectivity index (χ0n) is 14.4. The Kier molecular flexibility index (Phi) is 4.92. The van der Waals surface area contributed by atoms with Crippen LogP contribution in [0.5, 0.6) is 0 Å². The van der Waals surface area contributed by atoms with Gasteiger partial charge in [-0.25, -0.2) is 9.97 Å². The number of aryl methyl sites for hydroxylation is 2. The number of carbonyl (C=O) groups excluding carboxylic acids is 2. The molecule has 1 aromatic carbocycles. The highest BCUT2D eigenvalue weighted by molar-refractivity contribution is 6.03. The lowest BCUT2D eigenvalue weighted by atomic mass is 10.2. The molecule has 1 aliphatic rings. The predicted octanol–water partition coefficient (Wildman–Crippen LogP) is 1.62. The lowest BCUT2D eigenvalue weighted by molar-refractivity contribution is -0.118. The summed E-state index contributed by atoms with van der Waals surface area (Å²) < 4.78 is 0. The molecule has 1 fully saturated rings. The van der Waals surface area contributed by atoms with E-state index in [4.69, 9.17) is 0 Å². The van der Waals surface area contributed by atoms with E-state index in [1.165, 1.54) is 0 Å². The molecule has 0 atom stereocenters. The fourth-order valence-corrected chi connectivity index (χ4v) is 2.80. The van der Waals surface area contributed by atoms with Gasteiger partial charge >= 0.3 is 0 Å². The van der Waals surface area contributed by atoms with E-state index < -0.39 is 0 Å². The van der Waals surface area contributed by atoms with Gasteiger partial charge in [-0.15, -0.1) is 0 Å². The van der Waals surface area contributed by atoms with Crippen molar-refractivity contribution in [3.63, 3.8) is 0 Å². The molecule has 130 valence electrons. The van der Waals surface area contributed by atoms with Gasteiger partial charge in [-0.05, 0) is 31.5 Å². The number of nitrogens with one attached hydrogen (secondary N) is 1. The molecule has 0 spiro atoms. The minimum absolute atomic E-state index is 0.260. The van der Waals surface area contributed by atoms with Crippen molar-refractivity contribution < 1.29 is 9.59 Å². The highest BCUT2D eigenvalue weighted by atomic mass is 16.2. The first kappa shape index (κ1) is 16.9. The van der Waals surface area contributed by atoms with E-state index in [0.717, 1.165) is 17.7 Å². The molecule has 7 nitrogen and oxygen atoms in total. The highest BCUT2D eigenvalue weighted by Crippen LogP contribution is 2.17. The van der Waals surface area contributed by atoms with Gasteiger partial charge in [0.1, 0.15) is 17.3 Å². The van der Waals surface area contributed by atoms with Crippen molar-refractivity contribution in [2.45, 2.75) is 13.8 Å². The summed E-state index contributed by atoms with van der Waals surface area (Å²) in [5.74, 6) is 1.00. The summed E-state index contributed by atoms with van der Waals surface area (Å²) in [6.07, 6.45) is 0.864. The first-order valence-electron chi connectivity index (χ1n) is 8.23. The minimum Gasteiger partial charge on any atom is -0.353 e. The third-order valence-electron chi connectivity index (χ3n) is 4.12. The number of carbonyl (C=O) groups is 2. The summed E-state index contributed by atoms with van der Waals surface area (Å²) in [4.78, 5) is 35.9. The van der Waals surface area contributed by atoms with Crippen LogP contribution in [0.15, 0.2) is 30.3 Å². The Balaban J connectivity index is 1.77. The van der Waals surface area contributed by atoms with Crippen molar-refractivity contribution in [3.05, 3.63) is 47.4 Å². The van der Waals surface area contributed by atoms with Gasteiger partial charge in [0.15, 0.2) is 0 Å². The maximum Gasteiger partial charge on any atom is 0.274 e. The van der Waals surface area contributed by atoms with Crippen molar-refractivity contribution in [1.82, 2.24) is 14.9 Å². The van der Waals surface area contributed by atoms with Crippen LogP contribution in [0.3, 0.4) is 0 Å². The molecule has 1 saturated heterocycles. The molecule has 0 unspecified atom stereocenters. The second-order valence-electron chi connectivity index (χ2n) is 6.11. The number of nitrogens with zero attached hydrogens (tertiary/aromatic N) is 4. The third kappa shape index (κ3) is 4.12. The van der Waals surface area contributed by atoms with Gasteiger partial charge < -0.3 is 15.1 Å². The number of benzene rings is 1. The van der Waals surface area contributed by atoms with Crippen molar-refractivity contribution in [2.24, 2.45) is 0 Å². The zero-order valence-corrected chi connectivity index (χ0v) is 14.4. The van der Waals surface area contributed by atoms with E-state index in [2.05, 4.69) is 20.2 Å². The van der Waals surface area contributed by atoms with Crippen LogP contribution in [0.1, 0.15) is 21.9 Å². The summed E-state index contributed by atoms with van der Waals surface area (Å²) in [6, 6.07) is 9.33. The van der Waals surface area contributed by atoms with Crippen molar-refractivity contribution in [1.29, 1.82) is 0 Å². The van der Waals surface area contributed by atoms with E-state index in [0.29, 0.717) is 43.5 Å². The maximum atomic E-state index is 12.5. The van der Waals surface area contributed by atoms with E-state index in [1.54, 1.807) is 17.9 Å². The van der Waals surface area contributed by atoms with Gasteiger partial charge in [-0.1, -0.05) is 12.1 Å². The molecule has 2 aromatic rings. The Hall–Kier alpha value is -2.96. The smallest absolute Gasteiger partial charge is 0.274 e. The summed E-state index contributed by atoms with van der Waals surface area (Å²) in [6.45, 7) is 6.42. The topological polar surface area (TPSA) is 78.4 Å². The lowest BCUT2D eigenvalue weighted by Crippen LogP contribution is -2.46. The molecule has 1 N–H and O–H groups in total. The number of hydrogen-bond acceptors (Lipinski definition) is 5. The van der Waals surface area contributed by atoms with E-state index in [-0.39, 0.29) is 5.91 Å². The van der Waals surface area contributed by atoms with Crippen LogP contribution < -0.4 is 10.2 Å². The minimum atomic E-state index is -0.260. The number of amides is 2. The third-order valence-corrected chi connectivity index (χ3v) is 4.12. The summed E-state index contributed by atoms with van der Waals surface area (Å²) in [5.41, 5.74) is 2.15. The summed E-state index contributed by atoms with van der Waals surface area (Å²) in [5, 5.41) is 2.87. The van der Waals surface area contributed by atoms with Crippen LogP contribution in [0.2, 0.25) is 0 Å². The average Bonchev–Trinajstić information content (AvgIpc) is 2.61. The van der Waals surface area contributed by atoms with Crippen molar-refractivity contribution >= 4 is 23.8 Å². The fourth-order valence-electron chi connectivity index (χ4n) is 2.80. The first-order valence-corrected chi connectivity index (χ1v) is 8.23. The molecule has 3 rings (SSSR count). The standard InChI is InChI=1S/C18H21N5O2/c1-13-4-3-5-15(10-13)21-18(25)16-11-17(20-14(2)19-16)23-8-6-22(12-24)7-9-23/h3-5,10-12H,6-9H2,1-2H3,(H,21,25). The quantitative estimate of drug-likeness (QED) is 0.857. The molecule has 0 aliphatic carbocycles.